The maximum absolute atomic E-state index is 7.17. The Bertz CT molecular complexity index is 1600. The molecule has 0 aliphatic carbocycles. The molecule has 0 saturated heterocycles. The van der Waals surface area contributed by atoms with Crippen LogP contribution in [0.15, 0.2) is 107 Å². The summed E-state index contributed by atoms with van der Waals surface area (Å²) < 4.78 is 36.5. The van der Waals surface area contributed by atoms with Gasteiger partial charge >= 0.3 is 20.4 Å². The van der Waals surface area contributed by atoms with Crippen molar-refractivity contribution in [3.8, 4) is 23.0 Å². The zero-order valence-electron chi connectivity index (χ0n) is 32.1. The minimum atomic E-state index is -0.877. The number of benzene rings is 4. The van der Waals surface area contributed by atoms with Crippen molar-refractivity contribution in [1.82, 2.24) is 0 Å². The van der Waals surface area contributed by atoms with Gasteiger partial charge in [-0.25, -0.2) is 9.98 Å². The topological polar surface area (TPSA) is 80.1 Å². The van der Waals surface area contributed by atoms with Crippen LogP contribution in [0.4, 0.5) is 0 Å². The molecule has 0 unspecified atom stereocenters. The molecule has 4 aromatic carbocycles. The van der Waals surface area contributed by atoms with Crippen molar-refractivity contribution in [3.63, 3.8) is 0 Å². The van der Waals surface area contributed by atoms with Gasteiger partial charge in [-0.1, -0.05) is 76.2 Å². The summed E-state index contributed by atoms with van der Waals surface area (Å²) in [5.41, 5.74) is 2.23. The maximum Gasteiger partial charge on any atom is 2.00 e. The molecule has 2 aliphatic heterocycles. The number of hydrogen-bond donors (Lipinski definition) is 0. The monoisotopic (exact) mass is 954 g/mol. The van der Waals surface area contributed by atoms with Crippen LogP contribution in [-0.4, -0.2) is 52.3 Å². The van der Waals surface area contributed by atoms with E-state index in [4.69, 9.17) is 38.4 Å². The van der Waals surface area contributed by atoms with E-state index in [1.54, 1.807) is 28.4 Å². The molecule has 11 heteroatoms. The van der Waals surface area contributed by atoms with E-state index < -0.39 is 11.2 Å². The number of halogens is 2. The Balaban J connectivity index is 0.00000261. The predicted octanol–water partition coefficient (Wildman–Crippen LogP) is 2.99. The predicted molar refractivity (Wildman–Crippen MR) is 202 cm³/mol. The molecule has 2 heterocycles. The molecule has 0 aromatic heterocycles. The van der Waals surface area contributed by atoms with Crippen molar-refractivity contribution in [3.05, 3.63) is 119 Å². The first kappa shape index (κ1) is 45.0. The van der Waals surface area contributed by atoms with Crippen molar-refractivity contribution in [2.24, 2.45) is 21.8 Å². The van der Waals surface area contributed by atoms with E-state index in [2.05, 4.69) is 76.2 Å². The van der Waals surface area contributed by atoms with Crippen molar-refractivity contribution < 1.29 is 82.8 Å². The van der Waals surface area contributed by atoms with Crippen LogP contribution in [0, 0.1) is 11.8 Å². The largest absolute Gasteiger partial charge is 2.00 e. The molecule has 0 saturated carbocycles. The first-order valence-corrected chi connectivity index (χ1v) is 17.7. The van der Waals surface area contributed by atoms with Crippen molar-refractivity contribution >= 4 is 11.8 Å². The van der Waals surface area contributed by atoms with Crippen LogP contribution in [0.2, 0.25) is 0 Å². The second-order valence-corrected chi connectivity index (χ2v) is 14.1. The van der Waals surface area contributed by atoms with E-state index >= 15 is 0 Å². The van der Waals surface area contributed by atoms with Gasteiger partial charge in [0.25, 0.3) is 0 Å². The van der Waals surface area contributed by atoms with Crippen LogP contribution < -0.4 is 52.9 Å². The van der Waals surface area contributed by atoms with Gasteiger partial charge in [0.2, 0.25) is 0 Å². The van der Waals surface area contributed by atoms with Gasteiger partial charge in [0.1, 0.15) is 35.1 Å². The number of nitrogens with zero attached hydrogens (tertiary/aromatic N) is 2. The van der Waals surface area contributed by atoms with Crippen LogP contribution in [-0.2, 0) is 41.1 Å². The van der Waals surface area contributed by atoms with E-state index in [1.165, 1.54) is 0 Å². The van der Waals surface area contributed by atoms with E-state index in [9.17, 15) is 0 Å². The second kappa shape index (κ2) is 19.5. The summed E-state index contributed by atoms with van der Waals surface area (Å²) >= 11 is 0. The number of hydrogen-bond acceptors (Lipinski definition) is 8. The minimum Gasteiger partial charge on any atom is -1.00 e. The number of ether oxygens (including phenoxy) is 6. The molecule has 4 aromatic rings. The van der Waals surface area contributed by atoms with E-state index in [0.717, 1.165) is 58.1 Å². The third-order valence-electron chi connectivity index (χ3n) is 9.86. The molecule has 0 radical (unpaired) electrons. The molecule has 0 bridgehead atoms. The number of methoxy groups -OCH3 is 4. The Morgan fingerprint density at radius 3 is 0.926 bits per heavy atom. The molecular formula is C43H50Br2N2O6Pd. The maximum atomic E-state index is 7.17. The van der Waals surface area contributed by atoms with Crippen molar-refractivity contribution in [2.45, 2.75) is 70.2 Å². The Morgan fingerprint density at radius 1 is 0.481 bits per heavy atom. The minimum absolute atomic E-state index is 0. The summed E-state index contributed by atoms with van der Waals surface area (Å²) in [6, 6.07) is 32.1. The molecule has 6 rings (SSSR count). The SMILES string of the molecule is COc1ccc(C2(c3ccc(OC)cc3)OC(CC3=N[C@H](CC(C)C)C(c4ccc(OC)cc4)(c4ccc(OC)cc4)O3)=N[C@@H]2CC(C)C)cc1.[Br-].[Br-].[Pd+2]. The van der Waals surface area contributed by atoms with Gasteiger partial charge in [0.15, 0.2) is 23.0 Å². The fourth-order valence-electron chi connectivity index (χ4n) is 7.41. The third kappa shape index (κ3) is 9.02. The Hall–Kier alpha value is -3.36. The molecular weight excluding hydrogens is 907 g/mol. The zero-order valence-corrected chi connectivity index (χ0v) is 36.8. The van der Waals surface area contributed by atoms with Gasteiger partial charge in [-0.2, -0.15) is 0 Å². The molecule has 2 atom stereocenters. The van der Waals surface area contributed by atoms with Crippen LogP contribution in [0.25, 0.3) is 0 Å². The summed E-state index contributed by atoms with van der Waals surface area (Å²) in [7, 11) is 6.71. The standard InChI is InChI=1S/C43H50N2O6.2BrH.Pd/c1-28(2)25-38-42(30-9-17-34(46-5)18-10-30,31-11-19-35(47-6)20-12-31)50-40(44-38)27-41-45-39(26-29(3)4)43(51-41,32-13-21-36(48-7)22-14-32)33-15-23-37(49-8)24-16-33;;;/h9-24,28-29,38-39H,25-27H2,1-8H3;2*1H;/q;;;+2/p-2/t38-,39-;;;/m1.../s1. The Morgan fingerprint density at radius 2 is 0.722 bits per heavy atom. The zero-order chi connectivity index (χ0) is 36.2. The van der Waals surface area contributed by atoms with Gasteiger partial charge in [-0.05, 0) is 73.2 Å². The molecule has 292 valence electrons. The van der Waals surface area contributed by atoms with Crippen LogP contribution in [0.5, 0.6) is 23.0 Å². The molecule has 8 nitrogen and oxygen atoms in total. The molecule has 0 spiro atoms. The number of rotatable bonds is 14. The summed E-state index contributed by atoms with van der Waals surface area (Å²) in [5, 5.41) is 0. The smallest absolute Gasteiger partial charge is 1.00 e. The average molecular weight is 957 g/mol. The summed E-state index contributed by atoms with van der Waals surface area (Å²) in [4.78, 5) is 10.7. The third-order valence-corrected chi connectivity index (χ3v) is 9.86. The Labute approximate surface area is 355 Å². The molecule has 0 fully saturated rings. The second-order valence-electron chi connectivity index (χ2n) is 14.1. The van der Waals surface area contributed by atoms with Gasteiger partial charge in [-0.3, -0.25) is 0 Å². The van der Waals surface area contributed by atoms with Crippen LogP contribution in [0.1, 0.15) is 69.2 Å². The molecule has 54 heavy (non-hydrogen) atoms. The van der Waals surface area contributed by atoms with Gasteiger partial charge in [-0.15, -0.1) is 0 Å². The fraction of sp³-hybridized carbons (Fsp3) is 0.395. The summed E-state index contributed by atoms with van der Waals surface area (Å²) in [6.07, 6.45) is 1.93. The Kier molecular flexibility index (Phi) is 16.2. The normalized spacial score (nSPS) is 17.8. The molecule has 2 aliphatic rings. The molecule has 0 amide bonds. The fourth-order valence-corrected chi connectivity index (χ4v) is 7.41. The quantitative estimate of drug-likeness (QED) is 0.181. The van der Waals surface area contributed by atoms with Crippen LogP contribution >= 0.6 is 0 Å². The van der Waals surface area contributed by atoms with Crippen molar-refractivity contribution in [2.75, 3.05) is 28.4 Å². The average Bonchev–Trinajstić information content (AvgIpc) is 3.69. The van der Waals surface area contributed by atoms with Gasteiger partial charge < -0.3 is 62.4 Å². The van der Waals surface area contributed by atoms with Gasteiger partial charge in [0, 0.05) is 22.3 Å². The number of aliphatic imine (C=N–C) groups is 2. The summed E-state index contributed by atoms with van der Waals surface area (Å²) in [6.45, 7) is 8.89. The van der Waals surface area contributed by atoms with Crippen molar-refractivity contribution in [1.29, 1.82) is 0 Å². The van der Waals surface area contributed by atoms with Gasteiger partial charge in [0.05, 0.1) is 34.9 Å². The first-order chi connectivity index (χ1) is 24.6. The van der Waals surface area contributed by atoms with E-state index in [-0.39, 0.29) is 66.5 Å². The van der Waals surface area contributed by atoms with E-state index in [1.807, 2.05) is 48.5 Å². The summed E-state index contributed by atoms with van der Waals surface area (Å²) in [5.74, 6) is 5.03. The van der Waals surface area contributed by atoms with E-state index in [0.29, 0.717) is 30.1 Å². The first-order valence-electron chi connectivity index (χ1n) is 17.7. The van der Waals surface area contributed by atoms with Crippen LogP contribution in [0.3, 0.4) is 0 Å². The molecule has 0 N–H and O–H groups in total.